The van der Waals surface area contributed by atoms with Crippen molar-refractivity contribution in [2.24, 2.45) is 0 Å². The Morgan fingerprint density at radius 2 is 1.13 bits per heavy atom. The van der Waals surface area contributed by atoms with Crippen LogP contribution in [0.2, 0.25) is 0 Å². The lowest BCUT2D eigenvalue weighted by atomic mass is 10.0. The topological polar surface area (TPSA) is 35.9 Å². The largest absolute Gasteiger partial charge is 0.454 e. The van der Waals surface area contributed by atoms with Gasteiger partial charge in [0.05, 0.1) is 27.6 Å². The predicted molar refractivity (Wildman–Crippen MR) is 221 cm³/mol. The van der Waals surface area contributed by atoms with Crippen molar-refractivity contribution in [3.05, 3.63) is 176 Å². The summed E-state index contributed by atoms with van der Waals surface area (Å²) < 4.78 is 11.5. The van der Waals surface area contributed by atoms with Gasteiger partial charge in [-0.05, 0) is 76.5 Å². The summed E-state index contributed by atoms with van der Waals surface area (Å²) >= 11 is 0. The number of aromatic nitrogens is 3. The Balaban J connectivity index is 1.29. The van der Waals surface area contributed by atoms with Gasteiger partial charge in [-0.2, -0.15) is 0 Å². The lowest BCUT2D eigenvalue weighted by Crippen LogP contribution is -2.00. The van der Waals surface area contributed by atoms with Crippen LogP contribution in [-0.4, -0.2) is 14.1 Å². The SMILES string of the molecule is c1ccc(-c2cc(-n3c4cc5c(cc4c4c6ccccc6ccc43)c3ccc4c6ccccc6oc4c3n5-c3ccccc3)nc3ccccc23)cc1. The van der Waals surface area contributed by atoms with Crippen LogP contribution < -0.4 is 0 Å². The highest BCUT2D eigenvalue weighted by atomic mass is 16.3. The maximum absolute atomic E-state index is 6.72. The van der Waals surface area contributed by atoms with Crippen LogP contribution in [0.1, 0.15) is 0 Å². The molecule has 0 saturated heterocycles. The molecular formula is C49H29N3O. The number of pyridine rings is 1. The van der Waals surface area contributed by atoms with E-state index in [1.807, 2.05) is 6.07 Å². The average molecular weight is 676 g/mol. The summed E-state index contributed by atoms with van der Waals surface area (Å²) in [6, 6.07) is 62.9. The molecule has 53 heavy (non-hydrogen) atoms. The average Bonchev–Trinajstić information content (AvgIpc) is 3.87. The number of hydrogen-bond donors (Lipinski definition) is 0. The second-order valence-electron chi connectivity index (χ2n) is 13.9. The van der Waals surface area contributed by atoms with Crippen molar-refractivity contribution in [1.82, 2.24) is 14.1 Å². The Bertz CT molecular complexity index is 3440. The van der Waals surface area contributed by atoms with Crippen LogP contribution >= 0.6 is 0 Å². The molecule has 0 radical (unpaired) electrons. The standard InChI is InChI=1S/C49H29N3O/c1-3-13-30(14-4-1)38-28-46(50-41-21-11-9-19-34(38)41)52-42-26-23-31-15-7-8-18-33(31)47(42)40-27-39-36-24-25-37-35-20-10-12-22-45(35)53-49(37)48(36)51(43(39)29-44(40)52)32-16-5-2-6-17-32/h1-29H. The number of rotatable bonds is 3. The summed E-state index contributed by atoms with van der Waals surface area (Å²) in [5.41, 5.74) is 10.6. The first-order valence-electron chi connectivity index (χ1n) is 18.1. The molecule has 0 unspecified atom stereocenters. The second kappa shape index (κ2) is 10.7. The Hall–Kier alpha value is -7.17. The van der Waals surface area contributed by atoms with Crippen molar-refractivity contribution in [3.8, 4) is 22.6 Å². The minimum Gasteiger partial charge on any atom is -0.454 e. The highest BCUT2D eigenvalue weighted by Crippen LogP contribution is 2.45. The molecule has 0 fully saturated rings. The van der Waals surface area contributed by atoms with Crippen molar-refractivity contribution in [1.29, 1.82) is 0 Å². The first-order valence-corrected chi connectivity index (χ1v) is 18.1. The highest BCUT2D eigenvalue weighted by molar-refractivity contribution is 6.27. The third-order valence-corrected chi connectivity index (χ3v) is 11.1. The van der Waals surface area contributed by atoms with Gasteiger partial charge >= 0.3 is 0 Å². The smallest absolute Gasteiger partial charge is 0.160 e. The summed E-state index contributed by atoms with van der Waals surface area (Å²) in [6.45, 7) is 0. The molecule has 4 aromatic heterocycles. The molecule has 0 saturated carbocycles. The van der Waals surface area contributed by atoms with E-state index in [9.17, 15) is 0 Å². The van der Waals surface area contributed by atoms with Crippen molar-refractivity contribution >= 4 is 87.2 Å². The minimum atomic E-state index is 0.888. The number of fused-ring (bicyclic) bond motifs is 13. The molecule has 12 rings (SSSR count). The van der Waals surface area contributed by atoms with Crippen molar-refractivity contribution in [3.63, 3.8) is 0 Å². The summed E-state index contributed by atoms with van der Waals surface area (Å²) in [7, 11) is 0. The molecule has 4 heterocycles. The van der Waals surface area contributed by atoms with E-state index in [0.29, 0.717) is 0 Å². The number of benzene rings is 8. The van der Waals surface area contributed by atoms with E-state index < -0.39 is 0 Å². The molecule has 0 bridgehead atoms. The van der Waals surface area contributed by atoms with E-state index in [-0.39, 0.29) is 0 Å². The van der Waals surface area contributed by atoms with Crippen LogP contribution in [0.5, 0.6) is 0 Å². The molecule has 12 aromatic rings. The Morgan fingerprint density at radius 3 is 2.00 bits per heavy atom. The summed E-state index contributed by atoms with van der Waals surface area (Å²) in [5.74, 6) is 0.888. The zero-order valence-electron chi connectivity index (χ0n) is 28.5. The van der Waals surface area contributed by atoms with Gasteiger partial charge in [0, 0.05) is 43.4 Å². The number of furan rings is 1. The number of para-hydroxylation sites is 3. The van der Waals surface area contributed by atoms with Crippen LogP contribution in [-0.2, 0) is 0 Å². The van der Waals surface area contributed by atoms with Gasteiger partial charge in [0.1, 0.15) is 11.4 Å². The maximum Gasteiger partial charge on any atom is 0.160 e. The number of nitrogens with zero attached hydrogens (tertiary/aromatic N) is 3. The molecular weight excluding hydrogens is 647 g/mol. The zero-order chi connectivity index (χ0) is 34.6. The molecule has 0 aliphatic rings. The summed E-state index contributed by atoms with van der Waals surface area (Å²) in [5, 5.41) is 10.6. The first kappa shape index (κ1) is 28.5. The molecule has 4 nitrogen and oxygen atoms in total. The van der Waals surface area contributed by atoms with E-state index in [1.54, 1.807) is 0 Å². The zero-order valence-corrected chi connectivity index (χ0v) is 28.5. The lowest BCUT2D eigenvalue weighted by Gasteiger charge is -2.13. The quantitative estimate of drug-likeness (QED) is 0.187. The van der Waals surface area contributed by atoms with Gasteiger partial charge < -0.3 is 8.98 Å². The van der Waals surface area contributed by atoms with Crippen LogP contribution in [0.3, 0.4) is 0 Å². The van der Waals surface area contributed by atoms with Crippen LogP contribution in [0.15, 0.2) is 180 Å². The molecule has 0 atom stereocenters. The van der Waals surface area contributed by atoms with Gasteiger partial charge in [0.2, 0.25) is 0 Å². The van der Waals surface area contributed by atoms with E-state index in [0.717, 1.165) is 77.4 Å². The van der Waals surface area contributed by atoms with Crippen LogP contribution in [0.25, 0.3) is 110 Å². The first-order chi connectivity index (χ1) is 26.3. The predicted octanol–water partition coefficient (Wildman–Crippen LogP) is 13.1. The fourth-order valence-corrected chi connectivity index (χ4v) is 8.78. The van der Waals surface area contributed by atoms with Gasteiger partial charge in [-0.3, -0.25) is 4.57 Å². The fourth-order valence-electron chi connectivity index (χ4n) is 8.78. The monoisotopic (exact) mass is 675 g/mol. The van der Waals surface area contributed by atoms with E-state index >= 15 is 0 Å². The van der Waals surface area contributed by atoms with Crippen molar-refractivity contribution in [2.45, 2.75) is 0 Å². The third-order valence-electron chi connectivity index (χ3n) is 11.1. The number of hydrogen-bond acceptors (Lipinski definition) is 2. The highest BCUT2D eigenvalue weighted by Gasteiger charge is 2.23. The van der Waals surface area contributed by atoms with Gasteiger partial charge in [-0.25, -0.2) is 4.98 Å². The Morgan fingerprint density at radius 1 is 0.434 bits per heavy atom. The van der Waals surface area contributed by atoms with Crippen LogP contribution in [0.4, 0.5) is 0 Å². The fraction of sp³-hybridized carbons (Fsp3) is 0. The lowest BCUT2D eigenvalue weighted by molar-refractivity contribution is 0.671. The molecule has 0 N–H and O–H groups in total. The molecule has 0 amide bonds. The van der Waals surface area contributed by atoms with Crippen molar-refractivity contribution in [2.75, 3.05) is 0 Å². The van der Waals surface area contributed by atoms with Gasteiger partial charge in [0.15, 0.2) is 5.58 Å². The van der Waals surface area contributed by atoms with Crippen LogP contribution in [0, 0.1) is 0 Å². The molecule has 0 spiro atoms. The van der Waals surface area contributed by atoms with E-state index in [2.05, 4.69) is 179 Å². The summed E-state index contributed by atoms with van der Waals surface area (Å²) in [6.07, 6.45) is 0. The van der Waals surface area contributed by atoms with Gasteiger partial charge in [-0.1, -0.05) is 121 Å². The van der Waals surface area contributed by atoms with E-state index in [1.165, 1.54) is 32.5 Å². The molecule has 0 aliphatic heterocycles. The Kier molecular flexibility index (Phi) is 5.74. The van der Waals surface area contributed by atoms with Gasteiger partial charge in [0.25, 0.3) is 0 Å². The second-order valence-corrected chi connectivity index (χ2v) is 13.9. The minimum absolute atomic E-state index is 0.888. The molecule has 4 heteroatoms. The molecule has 0 aliphatic carbocycles. The Labute approximate surface area is 303 Å². The molecule has 8 aromatic carbocycles. The molecule has 246 valence electrons. The van der Waals surface area contributed by atoms with E-state index in [4.69, 9.17) is 9.40 Å². The third kappa shape index (κ3) is 3.98. The van der Waals surface area contributed by atoms with Crippen molar-refractivity contribution < 1.29 is 4.42 Å². The van der Waals surface area contributed by atoms with Gasteiger partial charge in [-0.15, -0.1) is 0 Å². The normalized spacial score (nSPS) is 12.2. The summed E-state index contributed by atoms with van der Waals surface area (Å²) in [4.78, 5) is 5.39. The maximum atomic E-state index is 6.72.